The number of aliphatic carboxylic acids is 1. The van der Waals surface area contributed by atoms with Gasteiger partial charge in [0.1, 0.15) is 12.6 Å². The maximum Gasteiger partial charge on any atom is 0.408 e. The molecule has 0 unspecified atom stereocenters. The number of amides is 1. The summed E-state index contributed by atoms with van der Waals surface area (Å²) in [6.07, 6.45) is -0.581. The van der Waals surface area contributed by atoms with Crippen molar-refractivity contribution in [3.8, 4) is 11.1 Å². The van der Waals surface area contributed by atoms with Crippen molar-refractivity contribution in [2.24, 2.45) is 0 Å². The molecule has 0 heterocycles. The van der Waals surface area contributed by atoms with Crippen LogP contribution in [-0.4, -0.2) is 23.2 Å². The fraction of sp³-hybridized carbons (Fsp3) is 0.130. The molecule has 5 nitrogen and oxygen atoms in total. The first-order valence-corrected chi connectivity index (χ1v) is 8.96. The summed E-state index contributed by atoms with van der Waals surface area (Å²) in [7, 11) is 0. The van der Waals surface area contributed by atoms with E-state index in [0.717, 1.165) is 22.3 Å². The predicted octanol–water partition coefficient (Wildman–Crippen LogP) is 4.28. The van der Waals surface area contributed by atoms with Crippen molar-refractivity contribution in [1.82, 2.24) is 5.32 Å². The molecule has 0 saturated carbocycles. The van der Waals surface area contributed by atoms with Gasteiger partial charge >= 0.3 is 12.1 Å². The van der Waals surface area contributed by atoms with E-state index < -0.39 is 18.1 Å². The smallest absolute Gasteiger partial charge is 0.408 e. The quantitative estimate of drug-likeness (QED) is 0.646. The van der Waals surface area contributed by atoms with Gasteiger partial charge in [-0.15, -0.1) is 0 Å². The maximum atomic E-state index is 12.0. The average molecular weight is 375 g/mol. The van der Waals surface area contributed by atoms with Gasteiger partial charge < -0.3 is 15.2 Å². The van der Waals surface area contributed by atoms with Crippen molar-refractivity contribution in [1.29, 1.82) is 0 Å². The van der Waals surface area contributed by atoms with Gasteiger partial charge in [0.25, 0.3) is 0 Å². The van der Waals surface area contributed by atoms with Crippen molar-refractivity contribution in [2.75, 3.05) is 0 Å². The van der Waals surface area contributed by atoms with Gasteiger partial charge in [0.15, 0.2) is 0 Å². The molecule has 28 heavy (non-hydrogen) atoms. The second kappa shape index (κ2) is 9.37. The molecule has 0 bridgehead atoms. The summed E-state index contributed by atoms with van der Waals surface area (Å²) in [5.74, 6) is -1.11. The number of ether oxygens (including phenoxy) is 1. The number of alkyl carbamates (subject to hydrolysis) is 1. The van der Waals surface area contributed by atoms with E-state index in [1.54, 1.807) is 0 Å². The standard InChI is InChI=1S/C23H21NO4/c25-22(26)21(24-23(27)28-16-18-7-3-1-4-8-18)15-17-11-13-20(14-12-17)19-9-5-2-6-10-19/h1-14,21H,15-16H2,(H,24,27)(H,25,26)/t21-/m1/s1. The lowest BCUT2D eigenvalue weighted by molar-refractivity contribution is -0.139. The normalized spacial score (nSPS) is 11.4. The van der Waals surface area contributed by atoms with Gasteiger partial charge in [0, 0.05) is 6.42 Å². The van der Waals surface area contributed by atoms with E-state index >= 15 is 0 Å². The number of carbonyl (C=O) groups is 2. The Kier molecular flexibility index (Phi) is 6.41. The summed E-state index contributed by atoms with van der Waals surface area (Å²) in [4.78, 5) is 23.5. The Balaban J connectivity index is 1.58. The Morgan fingerprint density at radius 1 is 0.786 bits per heavy atom. The third kappa shape index (κ3) is 5.45. The predicted molar refractivity (Wildman–Crippen MR) is 107 cm³/mol. The number of rotatable bonds is 7. The zero-order chi connectivity index (χ0) is 19.8. The van der Waals surface area contributed by atoms with Gasteiger partial charge in [-0.2, -0.15) is 0 Å². The van der Waals surface area contributed by atoms with Gasteiger partial charge in [0.05, 0.1) is 0 Å². The molecule has 1 atom stereocenters. The fourth-order valence-electron chi connectivity index (χ4n) is 2.81. The van der Waals surface area contributed by atoms with E-state index in [2.05, 4.69) is 5.32 Å². The van der Waals surface area contributed by atoms with Crippen LogP contribution in [-0.2, 0) is 22.6 Å². The topological polar surface area (TPSA) is 75.6 Å². The van der Waals surface area contributed by atoms with E-state index in [-0.39, 0.29) is 13.0 Å². The number of carbonyl (C=O) groups excluding carboxylic acids is 1. The second-order valence-electron chi connectivity index (χ2n) is 6.36. The van der Waals surface area contributed by atoms with Gasteiger partial charge in [-0.3, -0.25) is 0 Å². The number of nitrogens with one attached hydrogen (secondary N) is 1. The molecular weight excluding hydrogens is 354 g/mol. The summed E-state index contributed by atoms with van der Waals surface area (Å²) in [5, 5.41) is 11.9. The molecule has 0 aromatic heterocycles. The molecule has 0 aliphatic rings. The van der Waals surface area contributed by atoms with Crippen molar-refractivity contribution < 1.29 is 19.4 Å². The van der Waals surface area contributed by atoms with Crippen LogP contribution in [0.15, 0.2) is 84.9 Å². The largest absolute Gasteiger partial charge is 0.480 e. The van der Waals surface area contributed by atoms with Gasteiger partial charge in [0.2, 0.25) is 0 Å². The molecule has 0 spiro atoms. The number of hydrogen-bond donors (Lipinski definition) is 2. The highest BCUT2D eigenvalue weighted by atomic mass is 16.5. The van der Waals surface area contributed by atoms with Crippen LogP contribution in [0, 0.1) is 0 Å². The van der Waals surface area contributed by atoms with Crippen molar-refractivity contribution >= 4 is 12.1 Å². The minimum atomic E-state index is -1.11. The minimum Gasteiger partial charge on any atom is -0.480 e. The lowest BCUT2D eigenvalue weighted by Gasteiger charge is -2.15. The summed E-state index contributed by atoms with van der Waals surface area (Å²) >= 11 is 0. The molecule has 2 N–H and O–H groups in total. The Labute approximate surface area is 163 Å². The van der Waals surface area contributed by atoms with Crippen molar-refractivity contribution in [3.63, 3.8) is 0 Å². The molecule has 3 aromatic carbocycles. The highest BCUT2D eigenvalue weighted by molar-refractivity contribution is 5.80. The van der Waals surface area contributed by atoms with Crippen LogP contribution in [0.4, 0.5) is 4.79 Å². The second-order valence-corrected chi connectivity index (χ2v) is 6.36. The van der Waals surface area contributed by atoms with E-state index in [9.17, 15) is 14.7 Å². The minimum absolute atomic E-state index is 0.0881. The maximum absolute atomic E-state index is 12.0. The molecule has 3 rings (SSSR count). The van der Waals surface area contributed by atoms with Crippen LogP contribution >= 0.6 is 0 Å². The van der Waals surface area contributed by atoms with Crippen LogP contribution in [0.3, 0.4) is 0 Å². The van der Waals surface area contributed by atoms with E-state index in [4.69, 9.17) is 4.74 Å². The number of benzene rings is 3. The van der Waals surface area contributed by atoms with Crippen molar-refractivity contribution in [2.45, 2.75) is 19.1 Å². The van der Waals surface area contributed by atoms with E-state index in [1.807, 2.05) is 84.9 Å². The summed E-state index contributed by atoms with van der Waals surface area (Å²) in [6.45, 7) is 0.0881. The van der Waals surface area contributed by atoms with Crippen molar-refractivity contribution in [3.05, 3.63) is 96.1 Å². The van der Waals surface area contributed by atoms with Crippen LogP contribution in [0.1, 0.15) is 11.1 Å². The van der Waals surface area contributed by atoms with Gasteiger partial charge in [-0.1, -0.05) is 84.9 Å². The molecule has 0 fully saturated rings. The molecule has 5 heteroatoms. The number of carboxylic acid groups (broad SMARTS) is 1. The SMILES string of the molecule is O=C(N[C@H](Cc1ccc(-c2ccccc2)cc1)C(=O)O)OCc1ccccc1. The Hall–Kier alpha value is -3.60. The third-order valence-corrected chi connectivity index (χ3v) is 4.30. The van der Waals surface area contributed by atoms with Crippen LogP contribution < -0.4 is 5.32 Å². The summed E-state index contributed by atoms with van der Waals surface area (Å²) < 4.78 is 5.11. The molecule has 142 valence electrons. The number of hydrogen-bond acceptors (Lipinski definition) is 3. The fourth-order valence-corrected chi connectivity index (χ4v) is 2.81. The highest BCUT2D eigenvalue weighted by Crippen LogP contribution is 2.19. The van der Waals surface area contributed by atoms with Crippen LogP contribution in [0.25, 0.3) is 11.1 Å². The Morgan fingerprint density at radius 3 is 1.96 bits per heavy atom. The lowest BCUT2D eigenvalue weighted by Crippen LogP contribution is -2.42. The first-order chi connectivity index (χ1) is 13.6. The summed E-state index contributed by atoms with van der Waals surface area (Å²) in [5.41, 5.74) is 3.79. The Morgan fingerprint density at radius 2 is 1.36 bits per heavy atom. The zero-order valence-corrected chi connectivity index (χ0v) is 15.2. The highest BCUT2D eigenvalue weighted by Gasteiger charge is 2.21. The first kappa shape index (κ1) is 19.2. The summed E-state index contributed by atoms with van der Waals surface area (Å²) in [6, 6.07) is 25.7. The lowest BCUT2D eigenvalue weighted by atomic mass is 10.0. The molecule has 3 aromatic rings. The van der Waals surface area contributed by atoms with Crippen LogP contribution in [0.5, 0.6) is 0 Å². The molecule has 1 amide bonds. The monoisotopic (exact) mass is 375 g/mol. The van der Waals surface area contributed by atoms with E-state index in [1.165, 1.54) is 0 Å². The Bertz CT molecular complexity index is 908. The molecule has 0 saturated heterocycles. The van der Waals surface area contributed by atoms with Gasteiger partial charge in [-0.05, 0) is 22.3 Å². The van der Waals surface area contributed by atoms with Gasteiger partial charge in [-0.25, -0.2) is 9.59 Å². The average Bonchev–Trinajstić information content (AvgIpc) is 2.73. The van der Waals surface area contributed by atoms with E-state index in [0.29, 0.717) is 0 Å². The third-order valence-electron chi connectivity index (χ3n) is 4.30. The molecular formula is C23H21NO4. The van der Waals surface area contributed by atoms with Crippen LogP contribution in [0.2, 0.25) is 0 Å². The molecule has 0 radical (unpaired) electrons. The molecule has 0 aliphatic heterocycles. The first-order valence-electron chi connectivity index (χ1n) is 8.96. The number of carboxylic acids is 1. The zero-order valence-electron chi connectivity index (χ0n) is 15.2. The molecule has 0 aliphatic carbocycles.